The zero-order chi connectivity index (χ0) is 32.1. The minimum absolute atomic E-state index is 0.0236. The average molecular weight is 620 g/mol. The molecular weight excluding hydrogens is 583 g/mol. The Balaban J connectivity index is 1.32. The molecule has 1 fully saturated rings. The molecule has 1 aliphatic heterocycles. The maximum atomic E-state index is 14.0. The third-order valence-electron chi connectivity index (χ3n) is 7.91. The van der Waals surface area contributed by atoms with Gasteiger partial charge in [0.15, 0.2) is 0 Å². The van der Waals surface area contributed by atoms with Gasteiger partial charge in [-0.2, -0.15) is 18.3 Å². The van der Waals surface area contributed by atoms with Crippen LogP contribution in [0.4, 0.5) is 18.9 Å². The van der Waals surface area contributed by atoms with Crippen LogP contribution >= 0.6 is 0 Å². The van der Waals surface area contributed by atoms with Crippen LogP contribution in [0.15, 0.2) is 79.1 Å². The van der Waals surface area contributed by atoms with Gasteiger partial charge in [-0.25, -0.2) is 4.68 Å². The van der Waals surface area contributed by atoms with Crippen molar-refractivity contribution in [2.45, 2.75) is 26.9 Å². The second-order valence-corrected chi connectivity index (χ2v) is 10.7. The highest BCUT2D eigenvalue weighted by atomic mass is 19.4. The van der Waals surface area contributed by atoms with E-state index in [0.717, 1.165) is 23.4 Å². The summed E-state index contributed by atoms with van der Waals surface area (Å²) in [6.07, 6.45) is -1.45. The van der Waals surface area contributed by atoms with Crippen molar-refractivity contribution in [2.24, 2.45) is 0 Å². The van der Waals surface area contributed by atoms with Gasteiger partial charge >= 0.3 is 6.18 Å². The maximum Gasteiger partial charge on any atom is 0.416 e. The number of ether oxygens (including phenoxy) is 1. The van der Waals surface area contributed by atoms with Gasteiger partial charge in [-0.1, -0.05) is 12.1 Å². The Morgan fingerprint density at radius 3 is 2.20 bits per heavy atom. The molecule has 236 valence electrons. The van der Waals surface area contributed by atoms with Crippen LogP contribution in [0.25, 0.3) is 16.8 Å². The van der Waals surface area contributed by atoms with Gasteiger partial charge in [-0.3, -0.25) is 9.59 Å². The topological polar surface area (TPSA) is 70.9 Å². The number of piperazine rings is 1. The molecule has 0 unspecified atom stereocenters. The standard InChI is InChI=1S/C34H36F3N5O3/c1-4-39(5-2)32(43)24-10-12-29(13-11-24)40-14-16-41(17-15-40)33(44)26-18-28(34(35,36)37)21-30(19-26)42-23-27(22-38-42)25-8-7-9-31(20-25)45-6-3/h7-13,18-23H,4-6,14-17H2,1-3H3. The summed E-state index contributed by atoms with van der Waals surface area (Å²) in [7, 11) is 0. The molecule has 0 saturated carbocycles. The van der Waals surface area contributed by atoms with Crippen molar-refractivity contribution in [1.82, 2.24) is 19.6 Å². The Hall–Kier alpha value is -4.80. The molecule has 3 aromatic carbocycles. The van der Waals surface area contributed by atoms with E-state index in [-0.39, 0.29) is 17.2 Å². The zero-order valence-corrected chi connectivity index (χ0v) is 25.6. The Kier molecular flexibility index (Phi) is 9.45. The molecule has 11 heteroatoms. The number of benzene rings is 3. The van der Waals surface area contributed by atoms with E-state index in [0.29, 0.717) is 62.8 Å². The molecule has 2 amide bonds. The molecule has 0 spiro atoms. The summed E-state index contributed by atoms with van der Waals surface area (Å²) in [6.45, 7) is 9.22. The first kappa shape index (κ1) is 31.6. The lowest BCUT2D eigenvalue weighted by atomic mass is 10.1. The van der Waals surface area contributed by atoms with Crippen LogP contribution in [0.2, 0.25) is 0 Å². The molecule has 5 rings (SSSR count). The lowest BCUT2D eigenvalue weighted by Crippen LogP contribution is -2.48. The molecule has 1 saturated heterocycles. The fraction of sp³-hybridized carbons (Fsp3) is 0.324. The smallest absolute Gasteiger partial charge is 0.416 e. The highest BCUT2D eigenvalue weighted by Gasteiger charge is 2.33. The number of alkyl halides is 3. The third-order valence-corrected chi connectivity index (χ3v) is 7.91. The average Bonchev–Trinajstić information content (AvgIpc) is 3.56. The number of aromatic nitrogens is 2. The Bertz CT molecular complexity index is 1640. The highest BCUT2D eigenvalue weighted by molar-refractivity contribution is 5.95. The lowest BCUT2D eigenvalue weighted by molar-refractivity contribution is -0.137. The first-order chi connectivity index (χ1) is 21.6. The Morgan fingerprint density at radius 1 is 0.844 bits per heavy atom. The summed E-state index contributed by atoms with van der Waals surface area (Å²) in [5.41, 5.74) is 2.20. The summed E-state index contributed by atoms with van der Waals surface area (Å²) in [5.74, 6) is 0.181. The molecule has 8 nitrogen and oxygen atoms in total. The molecular formula is C34H36F3N5O3. The Labute approximate surface area is 260 Å². The van der Waals surface area contributed by atoms with Gasteiger partial charge in [0.05, 0.1) is 24.1 Å². The lowest BCUT2D eigenvalue weighted by Gasteiger charge is -2.36. The van der Waals surface area contributed by atoms with Gasteiger partial charge in [0.25, 0.3) is 11.8 Å². The fourth-order valence-corrected chi connectivity index (χ4v) is 5.43. The van der Waals surface area contributed by atoms with Gasteiger partial charge in [0, 0.05) is 67.8 Å². The summed E-state index contributed by atoms with van der Waals surface area (Å²) in [4.78, 5) is 31.6. The summed E-state index contributed by atoms with van der Waals surface area (Å²) < 4.78 is 48.8. The zero-order valence-electron chi connectivity index (χ0n) is 25.6. The summed E-state index contributed by atoms with van der Waals surface area (Å²) in [5, 5.41) is 4.31. The quantitative estimate of drug-likeness (QED) is 0.217. The van der Waals surface area contributed by atoms with Crippen molar-refractivity contribution < 1.29 is 27.5 Å². The molecule has 45 heavy (non-hydrogen) atoms. The van der Waals surface area contributed by atoms with Gasteiger partial charge < -0.3 is 19.4 Å². The number of carbonyl (C=O) groups excluding carboxylic acids is 2. The first-order valence-electron chi connectivity index (χ1n) is 15.0. The minimum Gasteiger partial charge on any atom is -0.494 e. The van der Waals surface area contributed by atoms with Crippen LogP contribution in [0.3, 0.4) is 0 Å². The number of carbonyl (C=O) groups is 2. The fourth-order valence-electron chi connectivity index (χ4n) is 5.43. The monoisotopic (exact) mass is 619 g/mol. The SMILES string of the molecule is CCOc1cccc(-c2cnn(-c3cc(C(=O)N4CCN(c5ccc(C(=O)N(CC)CC)cc5)CC4)cc(C(F)(F)F)c3)c2)c1. The van der Waals surface area contributed by atoms with Crippen molar-refractivity contribution in [2.75, 3.05) is 50.8 Å². The van der Waals surface area contributed by atoms with E-state index in [4.69, 9.17) is 4.74 Å². The normalized spacial score (nSPS) is 13.6. The number of amides is 2. The van der Waals surface area contributed by atoms with Gasteiger partial charge in [-0.05, 0) is 80.9 Å². The number of hydrogen-bond donors (Lipinski definition) is 0. The molecule has 4 aromatic rings. The predicted molar refractivity (Wildman–Crippen MR) is 167 cm³/mol. The number of anilines is 1. The van der Waals surface area contributed by atoms with Crippen molar-refractivity contribution >= 4 is 17.5 Å². The Morgan fingerprint density at radius 2 is 1.56 bits per heavy atom. The van der Waals surface area contributed by atoms with Crippen LogP contribution in [-0.2, 0) is 6.18 Å². The van der Waals surface area contributed by atoms with Gasteiger partial charge in [0.2, 0.25) is 0 Å². The second kappa shape index (κ2) is 13.5. The first-order valence-corrected chi connectivity index (χ1v) is 15.0. The molecule has 0 radical (unpaired) electrons. The number of rotatable bonds is 9. The van der Waals surface area contributed by atoms with Crippen molar-refractivity contribution in [3.8, 4) is 22.6 Å². The molecule has 0 bridgehead atoms. The highest BCUT2D eigenvalue weighted by Crippen LogP contribution is 2.33. The summed E-state index contributed by atoms with van der Waals surface area (Å²) in [6, 6.07) is 18.1. The van der Waals surface area contributed by atoms with E-state index in [1.807, 2.05) is 57.2 Å². The van der Waals surface area contributed by atoms with Crippen LogP contribution in [0.1, 0.15) is 47.1 Å². The van der Waals surface area contributed by atoms with E-state index in [2.05, 4.69) is 10.00 Å². The van der Waals surface area contributed by atoms with Crippen LogP contribution in [0.5, 0.6) is 5.75 Å². The van der Waals surface area contributed by atoms with Crippen molar-refractivity contribution in [3.63, 3.8) is 0 Å². The van der Waals surface area contributed by atoms with Gasteiger partial charge in [0.1, 0.15) is 5.75 Å². The third kappa shape index (κ3) is 7.13. The van der Waals surface area contributed by atoms with Crippen LogP contribution in [0, 0.1) is 0 Å². The maximum absolute atomic E-state index is 14.0. The summed E-state index contributed by atoms with van der Waals surface area (Å²) >= 11 is 0. The molecule has 1 aromatic heterocycles. The van der Waals surface area contributed by atoms with E-state index < -0.39 is 17.6 Å². The molecule has 0 atom stereocenters. The van der Waals surface area contributed by atoms with Gasteiger partial charge in [-0.15, -0.1) is 0 Å². The minimum atomic E-state index is -4.65. The van der Waals surface area contributed by atoms with E-state index in [1.165, 1.54) is 10.7 Å². The number of nitrogens with zero attached hydrogens (tertiary/aromatic N) is 5. The molecule has 0 aliphatic carbocycles. The van der Waals surface area contributed by atoms with E-state index in [1.54, 1.807) is 34.3 Å². The largest absolute Gasteiger partial charge is 0.494 e. The van der Waals surface area contributed by atoms with Crippen molar-refractivity contribution in [3.05, 3.63) is 95.8 Å². The molecule has 1 aliphatic rings. The predicted octanol–water partition coefficient (Wildman–Crippen LogP) is 6.40. The van der Waals surface area contributed by atoms with E-state index in [9.17, 15) is 22.8 Å². The second-order valence-electron chi connectivity index (χ2n) is 10.7. The van der Waals surface area contributed by atoms with Crippen LogP contribution in [-0.4, -0.2) is 77.3 Å². The molecule has 2 heterocycles. The number of halogens is 3. The number of hydrogen-bond acceptors (Lipinski definition) is 5. The molecule has 0 N–H and O–H groups in total. The van der Waals surface area contributed by atoms with Crippen LogP contribution < -0.4 is 9.64 Å². The van der Waals surface area contributed by atoms with E-state index >= 15 is 0 Å². The van der Waals surface area contributed by atoms with Crippen molar-refractivity contribution in [1.29, 1.82) is 0 Å².